The van der Waals surface area contributed by atoms with Gasteiger partial charge in [0.25, 0.3) is 0 Å². The number of amides is 2. The van der Waals surface area contributed by atoms with Crippen molar-refractivity contribution in [2.75, 3.05) is 32.1 Å². The third kappa shape index (κ3) is 4.94. The van der Waals surface area contributed by atoms with Gasteiger partial charge in [0.15, 0.2) is 0 Å². The molecule has 1 N–H and O–H groups in total. The van der Waals surface area contributed by atoms with Crippen LogP contribution in [-0.2, 0) is 4.74 Å². The van der Waals surface area contributed by atoms with Gasteiger partial charge in [-0.2, -0.15) is 5.26 Å². The summed E-state index contributed by atoms with van der Waals surface area (Å²) in [6, 6.07) is 7.45. The summed E-state index contributed by atoms with van der Waals surface area (Å²) in [5.41, 5.74) is 0.117. The molecule has 0 aliphatic heterocycles. The fourth-order valence-electron chi connectivity index (χ4n) is 1.46. The molecular weight excluding hydrogens is 249 g/mol. The number of benzene rings is 1. The molecule has 19 heavy (non-hydrogen) atoms. The van der Waals surface area contributed by atoms with E-state index in [2.05, 4.69) is 5.32 Å². The number of rotatable bonds is 6. The van der Waals surface area contributed by atoms with E-state index in [4.69, 9.17) is 10.00 Å². The van der Waals surface area contributed by atoms with E-state index in [1.54, 1.807) is 12.1 Å². The van der Waals surface area contributed by atoms with E-state index in [0.717, 1.165) is 0 Å². The Kier molecular flexibility index (Phi) is 6.33. The van der Waals surface area contributed by atoms with Gasteiger partial charge >= 0.3 is 6.03 Å². The lowest BCUT2D eigenvalue weighted by Crippen LogP contribution is -2.38. The Hall–Kier alpha value is -2.13. The maximum absolute atomic E-state index is 13.4. The lowest BCUT2D eigenvalue weighted by Gasteiger charge is -2.21. The zero-order chi connectivity index (χ0) is 14.1. The summed E-state index contributed by atoms with van der Waals surface area (Å²) in [5, 5.41) is 11.0. The van der Waals surface area contributed by atoms with E-state index in [1.165, 1.54) is 24.1 Å². The van der Waals surface area contributed by atoms with E-state index in [0.29, 0.717) is 13.2 Å². The first-order valence-corrected chi connectivity index (χ1v) is 5.85. The number of nitrogens with one attached hydrogen (secondary N) is 1. The third-order valence-corrected chi connectivity index (χ3v) is 2.46. The fraction of sp³-hybridized carbons (Fsp3) is 0.385. The smallest absolute Gasteiger partial charge is 0.322 e. The third-order valence-electron chi connectivity index (χ3n) is 2.46. The average Bonchev–Trinajstić information content (AvgIpc) is 2.41. The van der Waals surface area contributed by atoms with Gasteiger partial charge in [-0.1, -0.05) is 12.1 Å². The van der Waals surface area contributed by atoms with E-state index in [-0.39, 0.29) is 18.7 Å². The first-order valence-electron chi connectivity index (χ1n) is 5.85. The van der Waals surface area contributed by atoms with Crippen LogP contribution in [0.25, 0.3) is 0 Å². The first-order chi connectivity index (χ1) is 9.19. The summed E-state index contributed by atoms with van der Waals surface area (Å²) in [7, 11) is 1.53. The highest BCUT2D eigenvalue weighted by Gasteiger charge is 2.14. The molecule has 0 aromatic heterocycles. The molecule has 2 amide bonds. The Bertz CT molecular complexity index is 459. The molecule has 1 rings (SSSR count). The molecule has 0 aliphatic rings. The minimum absolute atomic E-state index is 0.117. The van der Waals surface area contributed by atoms with Crippen LogP contribution in [0.5, 0.6) is 0 Å². The van der Waals surface area contributed by atoms with E-state index in [9.17, 15) is 9.18 Å². The van der Waals surface area contributed by atoms with Crippen LogP contribution in [0.1, 0.15) is 6.42 Å². The molecular formula is C13H16FN3O2. The summed E-state index contributed by atoms with van der Waals surface area (Å²) < 4.78 is 18.3. The molecule has 1 aromatic rings. The molecule has 0 spiro atoms. The number of hydrogen-bond acceptors (Lipinski definition) is 3. The minimum atomic E-state index is -0.497. The predicted octanol–water partition coefficient (Wildman–Crippen LogP) is 2.22. The molecule has 6 heteroatoms. The van der Waals surface area contributed by atoms with Crippen LogP contribution < -0.4 is 5.32 Å². The Labute approximate surface area is 111 Å². The number of nitriles is 1. The summed E-state index contributed by atoms with van der Waals surface area (Å²) in [4.78, 5) is 13.4. The van der Waals surface area contributed by atoms with Gasteiger partial charge < -0.3 is 15.0 Å². The number of halogens is 1. The number of carbonyl (C=O) groups excluding carboxylic acids is 1. The maximum atomic E-state index is 13.4. The summed E-state index contributed by atoms with van der Waals surface area (Å²) in [6.45, 7) is 0.981. The van der Waals surface area contributed by atoms with Crippen molar-refractivity contribution < 1.29 is 13.9 Å². The highest BCUT2D eigenvalue weighted by atomic mass is 19.1. The van der Waals surface area contributed by atoms with Gasteiger partial charge in [-0.05, 0) is 12.1 Å². The van der Waals surface area contributed by atoms with E-state index >= 15 is 0 Å². The molecule has 0 bridgehead atoms. The van der Waals surface area contributed by atoms with Gasteiger partial charge in [-0.3, -0.25) is 0 Å². The highest BCUT2D eigenvalue weighted by molar-refractivity contribution is 5.89. The van der Waals surface area contributed by atoms with Crippen LogP contribution in [0.3, 0.4) is 0 Å². The van der Waals surface area contributed by atoms with Crippen LogP contribution in [0.2, 0.25) is 0 Å². The van der Waals surface area contributed by atoms with Gasteiger partial charge in [0, 0.05) is 20.2 Å². The number of urea groups is 1. The normalized spacial score (nSPS) is 9.74. The summed E-state index contributed by atoms with van der Waals surface area (Å²) >= 11 is 0. The lowest BCUT2D eigenvalue weighted by atomic mass is 10.3. The number of ether oxygens (including phenoxy) is 1. The predicted molar refractivity (Wildman–Crippen MR) is 69.1 cm³/mol. The van der Waals surface area contributed by atoms with Crippen LogP contribution >= 0.6 is 0 Å². The maximum Gasteiger partial charge on any atom is 0.322 e. The molecule has 0 heterocycles. The SMILES string of the molecule is COCCN(CCC#N)C(=O)Nc1ccccc1F. The highest BCUT2D eigenvalue weighted by Crippen LogP contribution is 2.13. The Morgan fingerprint density at radius 1 is 1.47 bits per heavy atom. The molecule has 0 saturated carbocycles. The lowest BCUT2D eigenvalue weighted by molar-refractivity contribution is 0.156. The number of para-hydroxylation sites is 1. The number of carbonyl (C=O) groups is 1. The van der Waals surface area contributed by atoms with E-state index < -0.39 is 11.8 Å². The Balaban J connectivity index is 2.65. The molecule has 0 fully saturated rings. The van der Waals surface area contributed by atoms with E-state index in [1.807, 2.05) is 6.07 Å². The second-order valence-electron chi connectivity index (χ2n) is 3.80. The van der Waals surface area contributed by atoms with Gasteiger partial charge in [0.1, 0.15) is 5.82 Å². The van der Waals surface area contributed by atoms with Crippen LogP contribution in [-0.4, -0.2) is 37.7 Å². The average molecular weight is 265 g/mol. The molecule has 0 aliphatic carbocycles. The Morgan fingerprint density at radius 3 is 2.84 bits per heavy atom. The number of methoxy groups -OCH3 is 1. The van der Waals surface area contributed by atoms with Gasteiger partial charge in [0.05, 0.1) is 24.8 Å². The molecule has 102 valence electrons. The fourth-order valence-corrected chi connectivity index (χ4v) is 1.46. The van der Waals surface area contributed by atoms with Crippen LogP contribution in [0, 0.1) is 17.1 Å². The summed E-state index contributed by atoms with van der Waals surface area (Å²) in [5.74, 6) is -0.497. The van der Waals surface area contributed by atoms with Crippen molar-refractivity contribution in [2.45, 2.75) is 6.42 Å². The van der Waals surface area contributed by atoms with Crippen molar-refractivity contribution in [2.24, 2.45) is 0 Å². The topological polar surface area (TPSA) is 65.4 Å². The minimum Gasteiger partial charge on any atom is -0.383 e. The second-order valence-corrected chi connectivity index (χ2v) is 3.80. The zero-order valence-corrected chi connectivity index (χ0v) is 10.7. The standard InChI is InChI=1S/C13H16FN3O2/c1-19-10-9-17(8-4-7-15)13(18)16-12-6-3-2-5-11(12)14/h2-3,5-6H,4,8-10H2,1H3,(H,16,18). The van der Waals surface area contributed by atoms with Crippen molar-refractivity contribution in [1.29, 1.82) is 5.26 Å². The van der Waals surface area contributed by atoms with Gasteiger partial charge in [-0.25, -0.2) is 9.18 Å². The molecule has 0 saturated heterocycles. The molecule has 0 atom stereocenters. The van der Waals surface area contributed by atoms with Crippen molar-refractivity contribution in [1.82, 2.24) is 4.90 Å². The van der Waals surface area contributed by atoms with Crippen LogP contribution in [0.15, 0.2) is 24.3 Å². The van der Waals surface area contributed by atoms with Gasteiger partial charge in [0.2, 0.25) is 0 Å². The molecule has 1 aromatic carbocycles. The van der Waals surface area contributed by atoms with Crippen molar-refractivity contribution in [3.63, 3.8) is 0 Å². The van der Waals surface area contributed by atoms with Crippen molar-refractivity contribution in [3.05, 3.63) is 30.1 Å². The monoisotopic (exact) mass is 265 g/mol. The zero-order valence-electron chi connectivity index (χ0n) is 10.7. The first kappa shape index (κ1) is 14.9. The number of nitrogens with zero attached hydrogens (tertiary/aromatic N) is 2. The molecule has 5 nitrogen and oxygen atoms in total. The Morgan fingerprint density at radius 2 is 2.21 bits per heavy atom. The van der Waals surface area contributed by atoms with Crippen molar-refractivity contribution >= 4 is 11.7 Å². The largest absolute Gasteiger partial charge is 0.383 e. The quantitative estimate of drug-likeness (QED) is 0.857. The van der Waals surface area contributed by atoms with Crippen molar-refractivity contribution in [3.8, 4) is 6.07 Å². The van der Waals surface area contributed by atoms with Crippen LogP contribution in [0.4, 0.5) is 14.9 Å². The van der Waals surface area contributed by atoms with Gasteiger partial charge in [-0.15, -0.1) is 0 Å². The summed E-state index contributed by atoms with van der Waals surface area (Å²) in [6.07, 6.45) is 0.217. The second kappa shape index (κ2) is 8.06. The number of hydrogen-bond donors (Lipinski definition) is 1. The number of anilines is 1. The molecule has 0 unspecified atom stereocenters. The molecule has 0 radical (unpaired) electrons.